The average molecular weight is 355 g/mol. The van der Waals surface area contributed by atoms with Crippen LogP contribution in [0.15, 0.2) is 53.5 Å². The minimum Gasteiger partial charge on any atom is -0.479 e. The fourth-order valence-electron chi connectivity index (χ4n) is 3.31. The van der Waals surface area contributed by atoms with Crippen LogP contribution in [0.1, 0.15) is 5.56 Å². The first-order valence-electron chi connectivity index (χ1n) is 8.42. The maximum absolute atomic E-state index is 16.2. The normalized spacial score (nSPS) is 21.3. The van der Waals surface area contributed by atoms with Crippen molar-refractivity contribution in [3.8, 4) is 11.5 Å². The molecule has 2 aromatic carbocycles. The second-order valence-electron chi connectivity index (χ2n) is 6.25. The summed E-state index contributed by atoms with van der Waals surface area (Å²) in [6, 6.07) is 12.8. The number of rotatable bonds is 3. The van der Waals surface area contributed by atoms with Gasteiger partial charge in [0.25, 0.3) is 5.67 Å². The highest BCUT2D eigenvalue weighted by Gasteiger charge is 2.53. The van der Waals surface area contributed by atoms with Gasteiger partial charge in [-0.3, -0.25) is 0 Å². The van der Waals surface area contributed by atoms with Crippen LogP contribution < -0.4 is 15.4 Å². The largest absolute Gasteiger partial charge is 0.479 e. The highest BCUT2D eigenvalue weighted by atomic mass is 19.1. The quantitative estimate of drug-likeness (QED) is 0.787. The van der Waals surface area contributed by atoms with Gasteiger partial charge in [0.15, 0.2) is 5.75 Å². The zero-order valence-electron chi connectivity index (χ0n) is 13.9. The number of para-hydroxylation sites is 3. The van der Waals surface area contributed by atoms with Gasteiger partial charge in [0.1, 0.15) is 17.1 Å². The van der Waals surface area contributed by atoms with Crippen molar-refractivity contribution in [1.29, 1.82) is 0 Å². The van der Waals surface area contributed by atoms with E-state index < -0.39 is 17.7 Å². The van der Waals surface area contributed by atoms with Crippen LogP contribution in [-0.4, -0.2) is 48.1 Å². The molecule has 0 saturated carbocycles. The molecule has 2 atom stereocenters. The minimum absolute atomic E-state index is 0.160. The monoisotopic (exact) mass is 355 g/mol. The third kappa shape index (κ3) is 2.65. The molecule has 2 aliphatic heterocycles. The first-order valence-corrected chi connectivity index (χ1v) is 8.42. The van der Waals surface area contributed by atoms with E-state index in [-0.39, 0.29) is 12.3 Å². The number of benzene rings is 2. The van der Waals surface area contributed by atoms with Crippen molar-refractivity contribution in [3.63, 3.8) is 0 Å². The molecule has 0 bridgehead atoms. The van der Waals surface area contributed by atoms with Gasteiger partial charge >= 0.3 is 5.97 Å². The molecule has 6 nitrogen and oxygen atoms in total. The first kappa shape index (κ1) is 16.7. The van der Waals surface area contributed by atoms with Gasteiger partial charge in [-0.15, -0.1) is 0 Å². The minimum atomic E-state index is -2.72. The smallest absolute Gasteiger partial charge is 0.349 e. The number of ether oxygens (including phenoxy) is 1. The zero-order chi connectivity index (χ0) is 18.1. The van der Waals surface area contributed by atoms with Gasteiger partial charge in [0.05, 0.1) is 6.04 Å². The molecule has 4 rings (SSSR count). The summed E-state index contributed by atoms with van der Waals surface area (Å²) in [6.45, 7) is 1.32. The molecule has 0 amide bonds. The van der Waals surface area contributed by atoms with Crippen molar-refractivity contribution in [2.24, 2.45) is 4.99 Å². The molecule has 134 valence electrons. The fourth-order valence-corrected chi connectivity index (χ4v) is 3.31. The van der Waals surface area contributed by atoms with Crippen LogP contribution in [-0.2, 0) is 4.79 Å². The molecule has 26 heavy (non-hydrogen) atoms. The molecule has 2 heterocycles. The average Bonchev–Trinajstić information content (AvgIpc) is 2.84. The Bertz CT molecular complexity index is 880. The standard InChI is InChI=1S/C19H18FN3O3/c20-19(18(24)25,16-11-21-9-10-22-16)17-12-5-1-3-7-14(12)26-15-8-4-2-6-13(15)23-17/h1-8,16,21-22H,9-11H2,(H,24,25). The van der Waals surface area contributed by atoms with Gasteiger partial charge in [-0.25, -0.2) is 14.2 Å². The van der Waals surface area contributed by atoms with Crippen LogP contribution >= 0.6 is 0 Å². The number of carbonyl (C=O) groups is 1. The lowest BCUT2D eigenvalue weighted by atomic mass is 9.85. The van der Waals surface area contributed by atoms with E-state index in [1.807, 2.05) is 0 Å². The van der Waals surface area contributed by atoms with E-state index in [2.05, 4.69) is 15.6 Å². The topological polar surface area (TPSA) is 83.0 Å². The molecule has 2 aromatic rings. The van der Waals surface area contributed by atoms with E-state index in [4.69, 9.17) is 4.74 Å². The molecule has 2 unspecified atom stereocenters. The van der Waals surface area contributed by atoms with Crippen LogP contribution in [0.5, 0.6) is 11.5 Å². The summed E-state index contributed by atoms with van der Waals surface area (Å²) < 4.78 is 22.0. The van der Waals surface area contributed by atoms with E-state index in [0.29, 0.717) is 35.8 Å². The Labute approximate surface area is 149 Å². The molecule has 3 N–H and O–H groups in total. The van der Waals surface area contributed by atoms with Crippen LogP contribution in [0.4, 0.5) is 10.1 Å². The molecule has 2 aliphatic rings. The Morgan fingerprint density at radius 1 is 1.15 bits per heavy atom. The maximum atomic E-state index is 16.2. The Morgan fingerprint density at radius 2 is 1.88 bits per heavy atom. The fraction of sp³-hybridized carbons (Fsp3) is 0.263. The summed E-state index contributed by atoms with van der Waals surface area (Å²) in [5.74, 6) is -0.743. The predicted octanol–water partition coefficient (Wildman–Crippen LogP) is 2.27. The third-order valence-electron chi connectivity index (χ3n) is 4.64. The van der Waals surface area contributed by atoms with Crippen molar-refractivity contribution in [3.05, 3.63) is 54.1 Å². The summed E-state index contributed by atoms with van der Waals surface area (Å²) >= 11 is 0. The lowest BCUT2D eigenvalue weighted by Gasteiger charge is -2.35. The van der Waals surface area contributed by atoms with Gasteiger partial charge in [-0.05, 0) is 24.3 Å². The highest BCUT2D eigenvalue weighted by Crippen LogP contribution is 2.40. The van der Waals surface area contributed by atoms with E-state index in [9.17, 15) is 9.90 Å². The number of piperazine rings is 1. The molecule has 1 fully saturated rings. The summed E-state index contributed by atoms with van der Waals surface area (Å²) in [4.78, 5) is 16.5. The number of halogens is 1. The lowest BCUT2D eigenvalue weighted by molar-refractivity contribution is -0.147. The number of carboxylic acids is 1. The summed E-state index contributed by atoms with van der Waals surface area (Å²) in [6.07, 6.45) is 0. The van der Waals surface area contributed by atoms with Gasteiger partial charge in [0, 0.05) is 25.2 Å². The molecular weight excluding hydrogens is 337 g/mol. The molecular formula is C19H18FN3O3. The number of hydrogen-bond donors (Lipinski definition) is 3. The second-order valence-corrected chi connectivity index (χ2v) is 6.25. The number of aliphatic carboxylic acids is 1. The van der Waals surface area contributed by atoms with Crippen molar-refractivity contribution in [2.45, 2.75) is 11.7 Å². The summed E-state index contributed by atoms with van der Waals surface area (Å²) in [7, 11) is 0. The number of hydrogen-bond acceptors (Lipinski definition) is 5. The van der Waals surface area contributed by atoms with Crippen molar-refractivity contribution in [2.75, 3.05) is 19.6 Å². The lowest BCUT2D eigenvalue weighted by Crippen LogP contribution is -2.64. The summed E-state index contributed by atoms with van der Waals surface area (Å²) in [5.41, 5.74) is -2.15. The Hall–Kier alpha value is -2.77. The zero-order valence-corrected chi connectivity index (χ0v) is 13.9. The van der Waals surface area contributed by atoms with Crippen molar-refractivity contribution >= 4 is 17.4 Å². The summed E-state index contributed by atoms with van der Waals surface area (Å²) in [5, 5.41) is 15.9. The third-order valence-corrected chi connectivity index (χ3v) is 4.64. The number of nitrogens with zero attached hydrogens (tertiary/aromatic N) is 1. The van der Waals surface area contributed by atoms with Crippen molar-refractivity contribution < 1.29 is 19.0 Å². The maximum Gasteiger partial charge on any atom is 0.349 e. The molecule has 7 heteroatoms. The molecule has 0 spiro atoms. The van der Waals surface area contributed by atoms with E-state index in [1.165, 1.54) is 0 Å². The van der Waals surface area contributed by atoms with E-state index >= 15 is 4.39 Å². The van der Waals surface area contributed by atoms with Gasteiger partial charge < -0.3 is 20.5 Å². The molecule has 0 aliphatic carbocycles. The van der Waals surface area contributed by atoms with Crippen LogP contribution in [0.3, 0.4) is 0 Å². The molecule has 0 radical (unpaired) electrons. The number of fused-ring (bicyclic) bond motifs is 2. The van der Waals surface area contributed by atoms with Crippen LogP contribution in [0, 0.1) is 0 Å². The Kier molecular flexibility index (Phi) is 4.18. The van der Waals surface area contributed by atoms with E-state index in [1.54, 1.807) is 48.5 Å². The number of aliphatic imine (C=N–C) groups is 1. The first-order chi connectivity index (χ1) is 12.6. The molecule has 0 aromatic heterocycles. The van der Waals surface area contributed by atoms with Crippen molar-refractivity contribution in [1.82, 2.24) is 10.6 Å². The van der Waals surface area contributed by atoms with E-state index in [0.717, 1.165) is 0 Å². The number of carboxylic acid groups (broad SMARTS) is 1. The number of nitrogens with one attached hydrogen (secondary N) is 2. The Morgan fingerprint density at radius 3 is 2.62 bits per heavy atom. The number of alkyl halides is 1. The second kappa shape index (κ2) is 6.51. The van der Waals surface area contributed by atoms with Gasteiger partial charge in [0.2, 0.25) is 0 Å². The predicted molar refractivity (Wildman–Crippen MR) is 95.3 cm³/mol. The van der Waals surface area contributed by atoms with Gasteiger partial charge in [-0.2, -0.15) is 0 Å². The van der Waals surface area contributed by atoms with Crippen LogP contribution in [0.2, 0.25) is 0 Å². The highest BCUT2D eigenvalue weighted by molar-refractivity contribution is 6.21. The molecule has 1 saturated heterocycles. The Balaban J connectivity index is 1.94. The van der Waals surface area contributed by atoms with Crippen LogP contribution in [0.25, 0.3) is 0 Å². The SMILES string of the molecule is O=C(O)C(F)(C1=Nc2ccccc2Oc2ccccc21)C1CNCCN1. The van der Waals surface area contributed by atoms with Gasteiger partial charge in [-0.1, -0.05) is 24.3 Å².